The third-order valence-corrected chi connectivity index (χ3v) is 4.68. The lowest BCUT2D eigenvalue weighted by Gasteiger charge is -2.28. The third-order valence-electron chi connectivity index (χ3n) is 3.78. The van der Waals surface area contributed by atoms with E-state index >= 15 is 0 Å². The van der Waals surface area contributed by atoms with Gasteiger partial charge in [-0.25, -0.2) is 0 Å². The number of fused-ring (bicyclic) bond motifs is 1. The maximum absolute atomic E-state index is 6.06. The first-order valence-electron chi connectivity index (χ1n) is 6.18. The average Bonchev–Trinajstić information content (AvgIpc) is 2.70. The highest BCUT2D eigenvalue weighted by atomic mass is 32.2. The largest absolute Gasteiger partial charge is 0.330 e. The molecule has 0 aromatic heterocycles. The molecule has 0 radical (unpaired) electrons. The van der Waals surface area contributed by atoms with Crippen molar-refractivity contribution >= 4 is 11.8 Å². The van der Waals surface area contributed by atoms with Crippen LogP contribution in [0.2, 0.25) is 0 Å². The topological polar surface area (TPSA) is 26.0 Å². The van der Waals surface area contributed by atoms with Crippen LogP contribution in [0.25, 0.3) is 0 Å². The summed E-state index contributed by atoms with van der Waals surface area (Å²) in [5.41, 5.74) is 9.38. The zero-order chi connectivity index (χ0) is 11.4. The maximum atomic E-state index is 6.06. The van der Waals surface area contributed by atoms with Gasteiger partial charge in [-0.2, -0.15) is 11.8 Å². The van der Waals surface area contributed by atoms with Gasteiger partial charge in [0.25, 0.3) is 0 Å². The van der Waals surface area contributed by atoms with E-state index < -0.39 is 0 Å². The number of rotatable bonds is 5. The normalized spacial score (nSPS) is 23.4. The molecule has 1 aliphatic rings. The molecule has 0 fully saturated rings. The maximum Gasteiger partial charge on any atom is 0.00892 e. The zero-order valence-electron chi connectivity index (χ0n) is 10.0. The number of nitrogens with two attached hydrogens (primary N) is 1. The second-order valence-corrected chi connectivity index (χ2v) is 5.98. The van der Waals surface area contributed by atoms with Crippen molar-refractivity contribution in [3.8, 4) is 0 Å². The first-order valence-corrected chi connectivity index (χ1v) is 7.34. The van der Waals surface area contributed by atoms with E-state index in [1.165, 1.54) is 41.9 Å². The lowest BCUT2D eigenvalue weighted by molar-refractivity contribution is 0.423. The Hall–Kier alpha value is -0.470. The van der Waals surface area contributed by atoms with Crippen molar-refractivity contribution in [3.05, 3.63) is 35.4 Å². The Kier molecular flexibility index (Phi) is 3.93. The molecule has 0 amide bonds. The number of benzene rings is 1. The van der Waals surface area contributed by atoms with Crippen LogP contribution in [0.4, 0.5) is 0 Å². The Labute approximate surface area is 103 Å². The fourth-order valence-corrected chi connectivity index (χ4v) is 3.57. The molecule has 2 N–H and O–H groups in total. The summed E-state index contributed by atoms with van der Waals surface area (Å²) in [6.45, 7) is 3.02. The molecular weight excluding hydrogens is 214 g/mol. The molecule has 0 bridgehead atoms. The lowest BCUT2D eigenvalue weighted by atomic mass is 9.79. The molecule has 88 valence electrons. The van der Waals surface area contributed by atoms with Crippen molar-refractivity contribution in [1.29, 1.82) is 0 Å². The summed E-state index contributed by atoms with van der Waals surface area (Å²) < 4.78 is 0. The van der Waals surface area contributed by atoms with E-state index in [-0.39, 0.29) is 5.41 Å². The Balaban J connectivity index is 2.17. The van der Waals surface area contributed by atoms with Gasteiger partial charge in [-0.05, 0) is 41.9 Å². The van der Waals surface area contributed by atoms with Gasteiger partial charge in [0.2, 0.25) is 0 Å². The second kappa shape index (κ2) is 5.24. The van der Waals surface area contributed by atoms with Gasteiger partial charge in [0.05, 0.1) is 0 Å². The first kappa shape index (κ1) is 12.0. The number of thioether (sulfide) groups is 1. The molecule has 2 rings (SSSR count). The Morgan fingerprint density at radius 3 is 2.94 bits per heavy atom. The molecule has 2 heteroatoms. The van der Waals surface area contributed by atoms with E-state index in [4.69, 9.17) is 5.73 Å². The van der Waals surface area contributed by atoms with Crippen LogP contribution in [-0.4, -0.2) is 18.1 Å². The highest BCUT2D eigenvalue weighted by Gasteiger charge is 2.36. The quantitative estimate of drug-likeness (QED) is 0.794. The zero-order valence-corrected chi connectivity index (χ0v) is 10.9. The van der Waals surface area contributed by atoms with Gasteiger partial charge in [0.1, 0.15) is 0 Å². The van der Waals surface area contributed by atoms with Crippen LogP contribution >= 0.6 is 11.8 Å². The van der Waals surface area contributed by atoms with Crippen LogP contribution in [0.1, 0.15) is 30.9 Å². The molecule has 1 aliphatic carbocycles. The first-order chi connectivity index (χ1) is 7.82. The number of hydrogen-bond donors (Lipinski definition) is 1. The Morgan fingerprint density at radius 2 is 2.19 bits per heavy atom. The molecule has 1 unspecified atom stereocenters. The van der Waals surface area contributed by atoms with Crippen molar-refractivity contribution < 1.29 is 0 Å². The van der Waals surface area contributed by atoms with Gasteiger partial charge in [0, 0.05) is 12.0 Å². The van der Waals surface area contributed by atoms with Crippen LogP contribution in [0, 0.1) is 0 Å². The highest BCUT2D eigenvalue weighted by Crippen LogP contribution is 2.41. The van der Waals surface area contributed by atoms with Gasteiger partial charge in [-0.1, -0.05) is 31.2 Å². The van der Waals surface area contributed by atoms with Crippen molar-refractivity contribution in [1.82, 2.24) is 0 Å². The smallest absolute Gasteiger partial charge is 0.00892 e. The predicted octanol–water partition coefficient (Wildman–Crippen LogP) is 2.97. The fourth-order valence-electron chi connectivity index (χ4n) is 2.75. The minimum absolute atomic E-state index is 0.277. The SMILES string of the molecule is CCSCCC1(CN)CCc2ccccc21. The second-order valence-electron chi connectivity index (χ2n) is 4.59. The van der Waals surface area contributed by atoms with E-state index in [0.29, 0.717) is 0 Å². The molecule has 0 spiro atoms. The molecule has 16 heavy (non-hydrogen) atoms. The molecule has 0 saturated heterocycles. The summed E-state index contributed by atoms with van der Waals surface area (Å²) in [4.78, 5) is 0. The van der Waals surface area contributed by atoms with Crippen LogP contribution in [0.5, 0.6) is 0 Å². The molecule has 0 aliphatic heterocycles. The van der Waals surface area contributed by atoms with E-state index in [2.05, 4.69) is 31.2 Å². The highest BCUT2D eigenvalue weighted by molar-refractivity contribution is 7.99. The van der Waals surface area contributed by atoms with Crippen molar-refractivity contribution in [2.24, 2.45) is 5.73 Å². The van der Waals surface area contributed by atoms with Crippen LogP contribution in [-0.2, 0) is 11.8 Å². The summed E-state index contributed by atoms with van der Waals surface area (Å²) in [6, 6.07) is 8.85. The summed E-state index contributed by atoms with van der Waals surface area (Å²) >= 11 is 2.03. The average molecular weight is 235 g/mol. The monoisotopic (exact) mass is 235 g/mol. The van der Waals surface area contributed by atoms with Gasteiger partial charge in [-0.15, -0.1) is 0 Å². The molecule has 1 atom stereocenters. The summed E-state index contributed by atoms with van der Waals surface area (Å²) in [5, 5.41) is 0. The van der Waals surface area contributed by atoms with Crippen molar-refractivity contribution in [2.45, 2.75) is 31.6 Å². The summed E-state index contributed by atoms with van der Waals surface area (Å²) in [5.74, 6) is 2.45. The van der Waals surface area contributed by atoms with Crippen LogP contribution in [0.15, 0.2) is 24.3 Å². The molecule has 0 heterocycles. The van der Waals surface area contributed by atoms with E-state index in [1.54, 1.807) is 0 Å². The molecule has 1 aromatic carbocycles. The number of aryl methyl sites for hydroxylation is 1. The minimum atomic E-state index is 0.277. The molecular formula is C14H21NS. The standard InChI is InChI=1S/C14H21NS/c1-2-16-10-9-14(11-15)8-7-12-5-3-4-6-13(12)14/h3-6H,2,7-11,15H2,1H3. The predicted molar refractivity (Wildman–Crippen MR) is 73.1 cm³/mol. The van der Waals surface area contributed by atoms with Crippen molar-refractivity contribution in [2.75, 3.05) is 18.1 Å². The number of hydrogen-bond acceptors (Lipinski definition) is 2. The van der Waals surface area contributed by atoms with Gasteiger partial charge in [-0.3, -0.25) is 0 Å². The Bertz CT molecular complexity index is 350. The summed E-state index contributed by atoms with van der Waals surface area (Å²) in [6.07, 6.45) is 3.69. The van der Waals surface area contributed by atoms with Crippen LogP contribution < -0.4 is 5.73 Å². The van der Waals surface area contributed by atoms with E-state index in [0.717, 1.165) is 6.54 Å². The van der Waals surface area contributed by atoms with Crippen molar-refractivity contribution in [3.63, 3.8) is 0 Å². The van der Waals surface area contributed by atoms with Gasteiger partial charge >= 0.3 is 0 Å². The van der Waals surface area contributed by atoms with Crippen LogP contribution in [0.3, 0.4) is 0 Å². The van der Waals surface area contributed by atoms with E-state index in [1.807, 2.05) is 11.8 Å². The Morgan fingerprint density at radius 1 is 1.38 bits per heavy atom. The van der Waals surface area contributed by atoms with Gasteiger partial charge in [0.15, 0.2) is 0 Å². The fraction of sp³-hybridized carbons (Fsp3) is 0.571. The van der Waals surface area contributed by atoms with E-state index in [9.17, 15) is 0 Å². The minimum Gasteiger partial charge on any atom is -0.330 e. The third kappa shape index (κ3) is 2.14. The molecule has 1 nitrogen and oxygen atoms in total. The van der Waals surface area contributed by atoms with Gasteiger partial charge < -0.3 is 5.73 Å². The lowest BCUT2D eigenvalue weighted by Crippen LogP contribution is -2.33. The molecule has 0 saturated carbocycles. The molecule has 1 aromatic rings. The summed E-state index contributed by atoms with van der Waals surface area (Å²) in [7, 11) is 0.